The predicted molar refractivity (Wildman–Crippen MR) is 95.3 cm³/mol. The van der Waals surface area contributed by atoms with Crippen molar-refractivity contribution in [3.05, 3.63) is 28.8 Å². The second kappa shape index (κ2) is 8.29. The minimum absolute atomic E-state index is 0. The van der Waals surface area contributed by atoms with Crippen LogP contribution >= 0.6 is 12.4 Å². The zero-order valence-electron chi connectivity index (χ0n) is 14.2. The van der Waals surface area contributed by atoms with Gasteiger partial charge in [0.2, 0.25) is 10.0 Å². The quantitative estimate of drug-likeness (QED) is 0.776. The highest BCUT2D eigenvalue weighted by Crippen LogP contribution is 2.29. The van der Waals surface area contributed by atoms with Crippen LogP contribution in [0.1, 0.15) is 50.3 Å². The third kappa shape index (κ3) is 5.54. The van der Waals surface area contributed by atoms with Gasteiger partial charge in [-0.05, 0) is 55.3 Å². The van der Waals surface area contributed by atoms with E-state index in [9.17, 15) is 8.42 Å². The summed E-state index contributed by atoms with van der Waals surface area (Å²) in [5.41, 5.74) is 8.17. The van der Waals surface area contributed by atoms with Gasteiger partial charge in [-0.15, -0.1) is 12.4 Å². The molecule has 4 nitrogen and oxygen atoms in total. The monoisotopic (exact) mass is 348 g/mol. The van der Waals surface area contributed by atoms with Crippen LogP contribution in [0.15, 0.2) is 17.0 Å². The smallest absolute Gasteiger partial charge is 0.241 e. The fourth-order valence-electron chi connectivity index (χ4n) is 2.36. The van der Waals surface area contributed by atoms with Crippen molar-refractivity contribution in [2.45, 2.75) is 57.8 Å². The second-order valence-corrected chi connectivity index (χ2v) is 8.29. The van der Waals surface area contributed by atoms with Crippen molar-refractivity contribution in [1.82, 2.24) is 4.72 Å². The van der Waals surface area contributed by atoms with E-state index in [4.69, 9.17) is 5.73 Å². The average molecular weight is 349 g/mol. The Hall–Kier alpha value is -0.620. The van der Waals surface area contributed by atoms with Crippen LogP contribution in [0.2, 0.25) is 0 Å². The number of nitrogens with one attached hydrogen (secondary N) is 1. The van der Waals surface area contributed by atoms with Crippen LogP contribution < -0.4 is 10.5 Å². The Morgan fingerprint density at radius 2 is 1.59 bits per heavy atom. The van der Waals surface area contributed by atoms with Crippen LogP contribution in [0.5, 0.6) is 0 Å². The Labute approximate surface area is 141 Å². The van der Waals surface area contributed by atoms with Crippen LogP contribution in [-0.4, -0.2) is 21.5 Å². The number of nitrogens with two attached hydrogens (primary N) is 1. The summed E-state index contributed by atoms with van der Waals surface area (Å²) in [7, 11) is -3.46. The van der Waals surface area contributed by atoms with Crippen LogP contribution in [0.3, 0.4) is 0 Å². The van der Waals surface area contributed by atoms with Gasteiger partial charge in [0.1, 0.15) is 0 Å². The molecule has 1 aromatic rings. The summed E-state index contributed by atoms with van der Waals surface area (Å²) < 4.78 is 27.6. The normalized spacial score (nSPS) is 12.1. The maximum absolute atomic E-state index is 12.5. The zero-order chi connectivity index (χ0) is 16.3. The third-order valence-electron chi connectivity index (χ3n) is 3.52. The molecule has 0 radical (unpaired) electrons. The Bertz CT molecular complexity index is 570. The molecule has 0 aliphatic carbocycles. The second-order valence-electron chi connectivity index (χ2n) is 6.58. The number of unbranched alkanes of at least 4 members (excludes halogenated alkanes) is 1. The summed E-state index contributed by atoms with van der Waals surface area (Å²) in [6.45, 7) is 11.1. The lowest BCUT2D eigenvalue weighted by Crippen LogP contribution is -2.27. The Balaban J connectivity index is 0.00000441. The van der Waals surface area contributed by atoms with Crippen molar-refractivity contribution in [2.75, 3.05) is 13.1 Å². The van der Waals surface area contributed by atoms with E-state index in [0.29, 0.717) is 18.0 Å². The fraction of sp³-hybridized carbons (Fsp3) is 0.625. The molecule has 0 bridgehead atoms. The first-order valence-electron chi connectivity index (χ1n) is 7.41. The van der Waals surface area contributed by atoms with E-state index < -0.39 is 10.0 Å². The number of hydrogen-bond donors (Lipinski definition) is 2. The highest BCUT2D eigenvalue weighted by atomic mass is 35.5. The summed E-state index contributed by atoms with van der Waals surface area (Å²) >= 11 is 0. The van der Waals surface area contributed by atoms with Crippen LogP contribution in [0, 0.1) is 13.8 Å². The molecule has 3 N–H and O–H groups in total. The zero-order valence-corrected chi connectivity index (χ0v) is 15.8. The molecule has 22 heavy (non-hydrogen) atoms. The van der Waals surface area contributed by atoms with E-state index in [0.717, 1.165) is 29.5 Å². The third-order valence-corrected chi connectivity index (χ3v) is 5.28. The Morgan fingerprint density at radius 1 is 1.09 bits per heavy atom. The van der Waals surface area contributed by atoms with Gasteiger partial charge in [0, 0.05) is 6.54 Å². The maximum atomic E-state index is 12.5. The highest BCUT2D eigenvalue weighted by Gasteiger charge is 2.22. The van der Waals surface area contributed by atoms with Gasteiger partial charge in [-0.25, -0.2) is 13.1 Å². The molecular weight excluding hydrogens is 320 g/mol. The molecule has 0 atom stereocenters. The molecule has 0 amide bonds. The maximum Gasteiger partial charge on any atom is 0.241 e. The van der Waals surface area contributed by atoms with Crippen molar-refractivity contribution < 1.29 is 8.42 Å². The summed E-state index contributed by atoms with van der Waals surface area (Å²) in [4.78, 5) is 0.406. The molecule has 0 unspecified atom stereocenters. The predicted octanol–water partition coefficient (Wildman–Crippen LogP) is 3.04. The first-order chi connectivity index (χ1) is 9.59. The van der Waals surface area contributed by atoms with Gasteiger partial charge in [-0.2, -0.15) is 0 Å². The van der Waals surface area contributed by atoms with E-state index in [1.165, 1.54) is 0 Å². The van der Waals surface area contributed by atoms with Crippen molar-refractivity contribution in [3.63, 3.8) is 0 Å². The van der Waals surface area contributed by atoms with E-state index >= 15 is 0 Å². The molecule has 0 aliphatic rings. The summed E-state index contributed by atoms with van der Waals surface area (Å²) in [6, 6.07) is 3.95. The minimum atomic E-state index is -3.46. The van der Waals surface area contributed by atoms with Gasteiger partial charge >= 0.3 is 0 Å². The molecular formula is C16H29ClN2O2S. The number of rotatable bonds is 6. The first kappa shape index (κ1) is 21.4. The lowest BCUT2D eigenvalue weighted by Gasteiger charge is -2.22. The summed E-state index contributed by atoms with van der Waals surface area (Å²) in [5, 5.41) is 0. The van der Waals surface area contributed by atoms with Gasteiger partial charge in [-0.1, -0.05) is 32.9 Å². The number of hydrogen-bond acceptors (Lipinski definition) is 3. The molecule has 0 fully saturated rings. The molecule has 1 aromatic carbocycles. The van der Waals surface area contributed by atoms with Gasteiger partial charge in [0.25, 0.3) is 0 Å². The number of aryl methyl sites for hydroxylation is 2. The molecule has 0 aliphatic heterocycles. The van der Waals surface area contributed by atoms with Crippen molar-refractivity contribution in [2.24, 2.45) is 5.73 Å². The van der Waals surface area contributed by atoms with Gasteiger partial charge in [0.05, 0.1) is 4.90 Å². The Morgan fingerprint density at radius 3 is 2.00 bits per heavy atom. The van der Waals surface area contributed by atoms with E-state index in [-0.39, 0.29) is 17.8 Å². The summed E-state index contributed by atoms with van der Waals surface area (Å²) in [5.74, 6) is 0. The molecule has 1 rings (SSSR count). The van der Waals surface area contributed by atoms with Crippen molar-refractivity contribution >= 4 is 22.4 Å². The lowest BCUT2D eigenvalue weighted by molar-refractivity contribution is 0.572. The van der Waals surface area contributed by atoms with Gasteiger partial charge < -0.3 is 5.73 Å². The molecule has 128 valence electrons. The lowest BCUT2D eigenvalue weighted by atomic mass is 9.85. The molecule has 0 saturated heterocycles. The molecule has 0 aromatic heterocycles. The van der Waals surface area contributed by atoms with E-state index in [2.05, 4.69) is 25.5 Å². The summed E-state index contributed by atoms with van der Waals surface area (Å²) in [6.07, 6.45) is 1.58. The van der Waals surface area contributed by atoms with Crippen molar-refractivity contribution in [1.29, 1.82) is 0 Å². The number of halogens is 1. The molecule has 0 saturated carbocycles. The first-order valence-corrected chi connectivity index (χ1v) is 8.89. The van der Waals surface area contributed by atoms with Crippen LogP contribution in [0.25, 0.3) is 0 Å². The van der Waals surface area contributed by atoms with Gasteiger partial charge in [-0.3, -0.25) is 0 Å². The van der Waals surface area contributed by atoms with Crippen molar-refractivity contribution in [3.8, 4) is 0 Å². The minimum Gasteiger partial charge on any atom is -0.330 e. The largest absolute Gasteiger partial charge is 0.330 e. The average Bonchev–Trinajstić information content (AvgIpc) is 2.32. The molecule has 0 heterocycles. The number of sulfonamides is 1. The van der Waals surface area contributed by atoms with Crippen LogP contribution in [-0.2, 0) is 15.4 Å². The van der Waals surface area contributed by atoms with E-state index in [1.807, 2.05) is 26.0 Å². The van der Waals surface area contributed by atoms with Crippen LogP contribution in [0.4, 0.5) is 0 Å². The fourth-order valence-corrected chi connectivity index (χ4v) is 3.88. The Kier molecular flexibility index (Phi) is 8.06. The number of benzene rings is 1. The van der Waals surface area contributed by atoms with E-state index in [1.54, 1.807) is 0 Å². The SMILES string of the molecule is Cc1cc(C(C)(C)C)cc(C)c1S(=O)(=O)NCCCCN.Cl. The molecule has 6 heteroatoms. The standard InChI is InChI=1S/C16H28N2O2S.ClH/c1-12-10-14(16(3,4)5)11-13(2)15(12)21(19,20)18-9-7-6-8-17;/h10-11,18H,6-9,17H2,1-5H3;1H. The molecule has 0 spiro atoms. The topological polar surface area (TPSA) is 72.2 Å². The van der Waals surface area contributed by atoms with Gasteiger partial charge in [0.15, 0.2) is 0 Å². The highest BCUT2D eigenvalue weighted by molar-refractivity contribution is 7.89.